The van der Waals surface area contributed by atoms with Crippen LogP contribution in [0.25, 0.3) is 5.82 Å². The van der Waals surface area contributed by atoms with Crippen molar-refractivity contribution in [3.63, 3.8) is 0 Å². The molecule has 3 aromatic rings. The largest absolute Gasteiger partial charge is 0.494 e. The lowest BCUT2D eigenvalue weighted by Gasteiger charge is -2.23. The van der Waals surface area contributed by atoms with Crippen LogP contribution in [0, 0.1) is 18.3 Å². The molecule has 0 bridgehead atoms. The predicted molar refractivity (Wildman–Crippen MR) is 114 cm³/mol. The topological polar surface area (TPSA) is 93.3 Å². The highest BCUT2D eigenvalue weighted by molar-refractivity contribution is 6.00. The number of ether oxygens (including phenoxy) is 2. The predicted octanol–water partition coefficient (Wildman–Crippen LogP) is 3.94. The van der Waals surface area contributed by atoms with E-state index >= 15 is 0 Å². The third-order valence-electron chi connectivity index (χ3n) is 5.42. The summed E-state index contributed by atoms with van der Waals surface area (Å²) in [5, 5.41) is 13.9. The first kappa shape index (κ1) is 23.1. The third-order valence-corrected chi connectivity index (χ3v) is 5.42. The Morgan fingerprint density at radius 2 is 2.03 bits per heavy atom. The van der Waals surface area contributed by atoms with Gasteiger partial charge in [-0.2, -0.15) is 23.5 Å². The van der Waals surface area contributed by atoms with Crippen LogP contribution in [-0.2, 0) is 13.1 Å². The summed E-state index contributed by atoms with van der Waals surface area (Å²) in [7, 11) is 1.24. The molecule has 0 saturated heterocycles. The van der Waals surface area contributed by atoms with Gasteiger partial charge in [-0.15, -0.1) is 0 Å². The number of methoxy groups -OCH3 is 1. The number of aryl methyl sites for hydroxylation is 1. The van der Waals surface area contributed by atoms with Gasteiger partial charge in [0.25, 0.3) is 5.91 Å². The van der Waals surface area contributed by atoms with E-state index in [9.17, 15) is 23.2 Å². The van der Waals surface area contributed by atoms with Crippen molar-refractivity contribution in [3.05, 3.63) is 64.6 Å². The summed E-state index contributed by atoms with van der Waals surface area (Å²) < 4.78 is 51.3. The molecule has 1 aliphatic rings. The number of alkyl halides is 3. The van der Waals surface area contributed by atoms with Crippen molar-refractivity contribution in [2.45, 2.75) is 39.2 Å². The maximum absolute atomic E-state index is 13.4. The second-order valence-electron chi connectivity index (χ2n) is 7.83. The van der Waals surface area contributed by atoms with Crippen LogP contribution < -0.4 is 9.47 Å². The zero-order valence-electron chi connectivity index (χ0n) is 18.6. The molecule has 1 amide bonds. The monoisotopic (exact) mass is 471 g/mol. The van der Waals surface area contributed by atoms with Crippen molar-refractivity contribution in [2.75, 3.05) is 7.11 Å². The number of nitrogens with zero attached hydrogens (tertiary/aromatic N) is 5. The Kier molecular flexibility index (Phi) is 5.91. The van der Waals surface area contributed by atoms with E-state index < -0.39 is 18.2 Å². The summed E-state index contributed by atoms with van der Waals surface area (Å²) in [6, 6.07) is 8.06. The molecule has 1 atom stereocenters. The van der Waals surface area contributed by atoms with E-state index in [1.165, 1.54) is 24.1 Å². The number of fused-ring (bicyclic) bond motifs is 1. The second kappa shape index (κ2) is 8.70. The Bertz CT molecular complexity index is 1270. The molecule has 0 fully saturated rings. The smallest absolute Gasteiger partial charge is 0.425 e. The van der Waals surface area contributed by atoms with Gasteiger partial charge in [-0.1, -0.05) is 0 Å². The van der Waals surface area contributed by atoms with Crippen molar-refractivity contribution in [1.29, 1.82) is 5.26 Å². The van der Waals surface area contributed by atoms with Gasteiger partial charge < -0.3 is 14.4 Å². The van der Waals surface area contributed by atoms with Gasteiger partial charge in [-0.05, 0) is 43.7 Å². The van der Waals surface area contributed by atoms with Gasteiger partial charge in [-0.3, -0.25) is 4.79 Å². The first-order chi connectivity index (χ1) is 16.1. The van der Waals surface area contributed by atoms with Gasteiger partial charge in [0, 0.05) is 24.5 Å². The lowest BCUT2D eigenvalue weighted by atomic mass is 10.1. The van der Waals surface area contributed by atoms with E-state index in [-0.39, 0.29) is 35.7 Å². The fourth-order valence-corrected chi connectivity index (χ4v) is 3.64. The Labute approximate surface area is 193 Å². The number of rotatable bonds is 5. The lowest BCUT2D eigenvalue weighted by molar-refractivity contribution is -0.189. The number of halogens is 3. The van der Waals surface area contributed by atoms with Gasteiger partial charge >= 0.3 is 6.18 Å². The number of hydrogen-bond acceptors (Lipinski definition) is 6. The molecule has 8 nitrogen and oxygen atoms in total. The summed E-state index contributed by atoms with van der Waals surface area (Å²) in [4.78, 5) is 19.1. The fourth-order valence-electron chi connectivity index (χ4n) is 3.64. The van der Waals surface area contributed by atoms with Crippen LogP contribution in [0.5, 0.6) is 11.5 Å². The normalized spacial score (nSPS) is 13.9. The SMILES string of the molecule is COc1c(C#N)ccc(OC(C)C(F)(F)F)c1C(=O)N1Cc2cn(-c3cc(C)ccn3)nc2C1. The first-order valence-corrected chi connectivity index (χ1v) is 10.3. The maximum Gasteiger partial charge on any atom is 0.425 e. The minimum absolute atomic E-state index is 0.00510. The summed E-state index contributed by atoms with van der Waals surface area (Å²) >= 11 is 0. The van der Waals surface area contributed by atoms with E-state index in [2.05, 4.69) is 10.1 Å². The number of amides is 1. The van der Waals surface area contributed by atoms with Crippen molar-refractivity contribution in [1.82, 2.24) is 19.7 Å². The number of nitriles is 1. The van der Waals surface area contributed by atoms with Crippen LogP contribution in [0.4, 0.5) is 13.2 Å². The molecular formula is C23H20F3N5O3. The lowest BCUT2D eigenvalue weighted by Crippen LogP contribution is -2.33. The quantitative estimate of drug-likeness (QED) is 0.560. The Morgan fingerprint density at radius 1 is 1.26 bits per heavy atom. The molecule has 1 unspecified atom stereocenters. The van der Waals surface area contributed by atoms with Crippen LogP contribution in [0.15, 0.2) is 36.7 Å². The Morgan fingerprint density at radius 3 is 2.65 bits per heavy atom. The molecule has 34 heavy (non-hydrogen) atoms. The second-order valence-corrected chi connectivity index (χ2v) is 7.83. The van der Waals surface area contributed by atoms with Crippen LogP contribution >= 0.6 is 0 Å². The molecule has 176 valence electrons. The molecular weight excluding hydrogens is 451 g/mol. The summed E-state index contributed by atoms with van der Waals surface area (Å²) in [6.07, 6.45) is -3.38. The molecule has 0 saturated carbocycles. The summed E-state index contributed by atoms with van der Waals surface area (Å²) in [5.41, 5.74) is 2.19. The van der Waals surface area contributed by atoms with Crippen LogP contribution in [0.2, 0.25) is 0 Å². The fraction of sp³-hybridized carbons (Fsp3) is 0.304. The first-order valence-electron chi connectivity index (χ1n) is 10.3. The van der Waals surface area contributed by atoms with E-state index in [0.29, 0.717) is 11.5 Å². The van der Waals surface area contributed by atoms with Gasteiger partial charge in [0.15, 0.2) is 17.7 Å². The van der Waals surface area contributed by atoms with Crippen LogP contribution in [0.1, 0.15) is 39.7 Å². The summed E-state index contributed by atoms with van der Waals surface area (Å²) in [5.74, 6) is -0.453. The van der Waals surface area contributed by atoms with E-state index in [0.717, 1.165) is 18.1 Å². The molecule has 4 rings (SSSR count). The number of carbonyl (C=O) groups is 1. The number of aromatic nitrogens is 3. The maximum atomic E-state index is 13.4. The van der Waals surface area contributed by atoms with Crippen molar-refractivity contribution in [3.8, 4) is 23.4 Å². The number of benzene rings is 1. The molecule has 1 aromatic carbocycles. The zero-order chi connectivity index (χ0) is 24.6. The highest BCUT2D eigenvalue weighted by atomic mass is 19.4. The standard InChI is InChI=1S/C23H20F3N5O3/c1-13-6-7-28-19(8-13)31-11-16-10-30(12-17(16)29-31)22(32)20-18(34-14(2)23(24,25)26)5-4-15(9-27)21(20)33-3/h4-8,11,14H,10,12H2,1-3H3. The minimum Gasteiger partial charge on any atom is -0.494 e. The number of carbonyl (C=O) groups excluding carboxylic acids is 1. The molecule has 0 spiro atoms. The molecule has 3 heterocycles. The van der Waals surface area contributed by atoms with Gasteiger partial charge in [0.2, 0.25) is 0 Å². The average Bonchev–Trinajstić information content (AvgIpc) is 3.37. The average molecular weight is 471 g/mol. The van der Waals surface area contributed by atoms with E-state index in [1.54, 1.807) is 17.1 Å². The Balaban J connectivity index is 1.65. The molecule has 0 N–H and O–H groups in total. The van der Waals surface area contributed by atoms with Gasteiger partial charge in [0.05, 0.1) is 24.9 Å². The van der Waals surface area contributed by atoms with Crippen LogP contribution in [-0.4, -0.2) is 45.0 Å². The minimum atomic E-state index is -4.64. The Hall–Kier alpha value is -4.07. The third kappa shape index (κ3) is 4.26. The molecule has 0 aliphatic carbocycles. The van der Waals surface area contributed by atoms with Crippen molar-refractivity contribution >= 4 is 5.91 Å². The summed E-state index contributed by atoms with van der Waals surface area (Å²) in [6.45, 7) is 3.08. The zero-order valence-corrected chi connectivity index (χ0v) is 18.6. The number of hydrogen-bond donors (Lipinski definition) is 0. The molecule has 2 aromatic heterocycles. The van der Waals surface area contributed by atoms with Crippen molar-refractivity contribution in [2.24, 2.45) is 0 Å². The highest BCUT2D eigenvalue weighted by Crippen LogP contribution is 2.37. The highest BCUT2D eigenvalue weighted by Gasteiger charge is 2.40. The van der Waals surface area contributed by atoms with E-state index in [1.807, 2.05) is 25.1 Å². The number of pyridine rings is 1. The van der Waals surface area contributed by atoms with Crippen molar-refractivity contribution < 1.29 is 27.4 Å². The van der Waals surface area contributed by atoms with E-state index in [4.69, 9.17) is 9.47 Å². The molecule has 0 radical (unpaired) electrons. The van der Waals surface area contributed by atoms with Gasteiger partial charge in [-0.25, -0.2) is 9.67 Å². The van der Waals surface area contributed by atoms with Crippen LogP contribution in [0.3, 0.4) is 0 Å². The van der Waals surface area contributed by atoms with Gasteiger partial charge in [0.1, 0.15) is 17.4 Å². The molecule has 11 heteroatoms. The molecule has 1 aliphatic heterocycles.